The molecule has 2 aromatic rings. The molecule has 0 bridgehead atoms. The van der Waals surface area contributed by atoms with E-state index in [0.717, 1.165) is 21.2 Å². The topological polar surface area (TPSA) is 37.3 Å². The largest absolute Gasteiger partial charge is 0.478 e. The van der Waals surface area contributed by atoms with Gasteiger partial charge < -0.3 is 5.11 Å². The van der Waals surface area contributed by atoms with Gasteiger partial charge in [0.05, 0.1) is 5.56 Å². The normalized spacial score (nSPS) is 10.2. The second kappa shape index (κ2) is 4.72. The molecular weight excluding hydrogens is 280 g/mol. The summed E-state index contributed by atoms with van der Waals surface area (Å²) in [6.07, 6.45) is 0. The van der Waals surface area contributed by atoms with E-state index in [9.17, 15) is 4.79 Å². The van der Waals surface area contributed by atoms with Gasteiger partial charge in [0, 0.05) is 4.47 Å². The fourth-order valence-corrected chi connectivity index (χ4v) is 2.22. The molecule has 0 amide bonds. The highest BCUT2D eigenvalue weighted by Gasteiger charge is 2.09. The van der Waals surface area contributed by atoms with Crippen LogP contribution in [0.25, 0.3) is 11.1 Å². The summed E-state index contributed by atoms with van der Waals surface area (Å²) in [4.78, 5) is 11.0. The van der Waals surface area contributed by atoms with Crippen LogP contribution in [0.2, 0.25) is 0 Å². The number of carboxylic acid groups (broad SMARTS) is 1. The quantitative estimate of drug-likeness (QED) is 0.903. The van der Waals surface area contributed by atoms with Crippen molar-refractivity contribution in [1.29, 1.82) is 0 Å². The molecule has 0 atom stereocenters. The monoisotopic (exact) mass is 290 g/mol. The third-order valence-corrected chi connectivity index (χ3v) is 3.34. The molecule has 86 valence electrons. The van der Waals surface area contributed by atoms with Crippen LogP contribution in [0.1, 0.15) is 15.9 Å². The minimum atomic E-state index is -0.904. The summed E-state index contributed by atoms with van der Waals surface area (Å²) >= 11 is 3.48. The van der Waals surface area contributed by atoms with E-state index in [1.165, 1.54) is 0 Å². The van der Waals surface area contributed by atoms with Crippen LogP contribution in [0.3, 0.4) is 0 Å². The summed E-state index contributed by atoms with van der Waals surface area (Å²) in [5.41, 5.74) is 3.31. The maximum absolute atomic E-state index is 11.0. The predicted octanol–water partition coefficient (Wildman–Crippen LogP) is 4.12. The Balaban J connectivity index is 2.63. The van der Waals surface area contributed by atoms with Gasteiger partial charge in [-0.15, -0.1) is 0 Å². The zero-order chi connectivity index (χ0) is 12.4. The van der Waals surface area contributed by atoms with Crippen LogP contribution >= 0.6 is 15.9 Å². The van der Waals surface area contributed by atoms with E-state index >= 15 is 0 Å². The lowest BCUT2D eigenvalue weighted by molar-refractivity contribution is 0.0697. The molecule has 3 heteroatoms. The molecule has 17 heavy (non-hydrogen) atoms. The predicted molar refractivity (Wildman–Crippen MR) is 71.3 cm³/mol. The van der Waals surface area contributed by atoms with Crippen molar-refractivity contribution in [3.8, 4) is 11.1 Å². The number of rotatable bonds is 2. The molecule has 2 rings (SSSR count). The van der Waals surface area contributed by atoms with E-state index in [0.29, 0.717) is 5.56 Å². The molecule has 0 unspecified atom stereocenters. The lowest BCUT2D eigenvalue weighted by Crippen LogP contribution is -1.97. The number of benzene rings is 2. The molecule has 1 N–H and O–H groups in total. The van der Waals surface area contributed by atoms with Gasteiger partial charge in [0.2, 0.25) is 0 Å². The first-order valence-corrected chi connectivity index (χ1v) is 5.98. The lowest BCUT2D eigenvalue weighted by atomic mass is 9.98. The second-order valence-corrected chi connectivity index (χ2v) is 4.67. The molecule has 0 aliphatic rings. The fourth-order valence-electron chi connectivity index (χ4n) is 1.72. The van der Waals surface area contributed by atoms with E-state index in [-0.39, 0.29) is 0 Å². The summed E-state index contributed by atoms with van der Waals surface area (Å²) < 4.78 is 0.964. The van der Waals surface area contributed by atoms with Gasteiger partial charge in [0.1, 0.15) is 0 Å². The third-order valence-electron chi connectivity index (χ3n) is 2.65. The van der Waals surface area contributed by atoms with E-state index in [1.807, 2.05) is 37.3 Å². The standard InChI is InChI=1S/C14H11BrO2/c1-9-6-7-10(14(16)17)8-12(9)11-4-2-3-5-13(11)15/h2-8H,1H3,(H,16,17). The first kappa shape index (κ1) is 11.9. The van der Waals surface area contributed by atoms with E-state index in [4.69, 9.17) is 5.11 Å². The second-order valence-electron chi connectivity index (χ2n) is 3.81. The zero-order valence-corrected chi connectivity index (χ0v) is 10.9. The smallest absolute Gasteiger partial charge is 0.335 e. The molecule has 0 aliphatic carbocycles. The van der Waals surface area contributed by atoms with Crippen molar-refractivity contribution in [3.63, 3.8) is 0 Å². The van der Waals surface area contributed by atoms with Gasteiger partial charge in [0.25, 0.3) is 0 Å². The minimum absolute atomic E-state index is 0.307. The average Bonchev–Trinajstić information content (AvgIpc) is 2.30. The highest BCUT2D eigenvalue weighted by atomic mass is 79.9. The molecule has 0 radical (unpaired) electrons. The molecule has 0 saturated heterocycles. The van der Waals surface area contributed by atoms with Crippen LogP contribution in [0.5, 0.6) is 0 Å². The Kier molecular flexibility index (Phi) is 3.29. The van der Waals surface area contributed by atoms with Crippen molar-refractivity contribution >= 4 is 21.9 Å². The van der Waals surface area contributed by atoms with Gasteiger partial charge >= 0.3 is 5.97 Å². The van der Waals surface area contributed by atoms with Gasteiger partial charge in [-0.1, -0.05) is 40.2 Å². The SMILES string of the molecule is Cc1ccc(C(=O)O)cc1-c1ccccc1Br. The van der Waals surface area contributed by atoms with Gasteiger partial charge in [-0.25, -0.2) is 4.79 Å². The first-order valence-electron chi connectivity index (χ1n) is 5.18. The molecule has 0 aromatic heterocycles. The number of hydrogen-bond donors (Lipinski definition) is 1. The number of hydrogen-bond acceptors (Lipinski definition) is 1. The lowest BCUT2D eigenvalue weighted by Gasteiger charge is -2.09. The Hall–Kier alpha value is -1.61. The van der Waals surface area contributed by atoms with E-state index in [2.05, 4.69) is 15.9 Å². The Bertz CT molecular complexity index is 576. The van der Waals surface area contributed by atoms with Gasteiger partial charge in [-0.05, 0) is 41.8 Å². The molecule has 2 nitrogen and oxygen atoms in total. The average molecular weight is 291 g/mol. The highest BCUT2D eigenvalue weighted by Crippen LogP contribution is 2.31. The summed E-state index contributed by atoms with van der Waals surface area (Å²) in [5, 5.41) is 9.00. The van der Waals surface area contributed by atoms with E-state index < -0.39 is 5.97 Å². The van der Waals surface area contributed by atoms with Crippen molar-refractivity contribution < 1.29 is 9.90 Å². The van der Waals surface area contributed by atoms with Crippen LogP contribution in [0.4, 0.5) is 0 Å². The number of aromatic carboxylic acids is 1. The summed E-state index contributed by atoms with van der Waals surface area (Å²) in [6.45, 7) is 1.97. The summed E-state index contributed by atoms with van der Waals surface area (Å²) in [7, 11) is 0. The van der Waals surface area contributed by atoms with Crippen LogP contribution in [-0.2, 0) is 0 Å². The molecule has 0 heterocycles. The minimum Gasteiger partial charge on any atom is -0.478 e. The summed E-state index contributed by atoms with van der Waals surface area (Å²) in [5.74, 6) is -0.904. The van der Waals surface area contributed by atoms with Gasteiger partial charge in [-0.2, -0.15) is 0 Å². The molecule has 0 aliphatic heterocycles. The van der Waals surface area contributed by atoms with Gasteiger partial charge in [0.15, 0.2) is 0 Å². The van der Waals surface area contributed by atoms with Crippen LogP contribution < -0.4 is 0 Å². The molecule has 0 saturated carbocycles. The Morgan fingerprint density at radius 3 is 2.47 bits per heavy atom. The first-order chi connectivity index (χ1) is 8.09. The van der Waals surface area contributed by atoms with Gasteiger partial charge in [-0.3, -0.25) is 0 Å². The van der Waals surface area contributed by atoms with Crippen molar-refractivity contribution in [1.82, 2.24) is 0 Å². The number of carboxylic acids is 1. The molecular formula is C14H11BrO2. The Morgan fingerprint density at radius 1 is 1.12 bits per heavy atom. The maximum atomic E-state index is 11.0. The highest BCUT2D eigenvalue weighted by molar-refractivity contribution is 9.10. The zero-order valence-electron chi connectivity index (χ0n) is 9.27. The molecule has 2 aromatic carbocycles. The van der Waals surface area contributed by atoms with Crippen LogP contribution in [-0.4, -0.2) is 11.1 Å². The van der Waals surface area contributed by atoms with Crippen LogP contribution in [0.15, 0.2) is 46.9 Å². The molecule has 0 spiro atoms. The Labute approximate surface area is 108 Å². The summed E-state index contributed by atoms with van der Waals surface area (Å²) in [6, 6.07) is 12.9. The fraction of sp³-hybridized carbons (Fsp3) is 0.0714. The van der Waals surface area contributed by atoms with Crippen LogP contribution in [0, 0.1) is 6.92 Å². The van der Waals surface area contributed by atoms with Crippen molar-refractivity contribution in [3.05, 3.63) is 58.1 Å². The van der Waals surface area contributed by atoms with Crippen molar-refractivity contribution in [2.24, 2.45) is 0 Å². The van der Waals surface area contributed by atoms with E-state index in [1.54, 1.807) is 12.1 Å². The molecule has 0 fully saturated rings. The number of halogens is 1. The number of aryl methyl sites for hydroxylation is 1. The maximum Gasteiger partial charge on any atom is 0.335 e. The van der Waals surface area contributed by atoms with Crippen molar-refractivity contribution in [2.45, 2.75) is 6.92 Å². The third kappa shape index (κ3) is 2.39. The van der Waals surface area contributed by atoms with Crippen molar-refractivity contribution in [2.75, 3.05) is 0 Å². The number of carbonyl (C=O) groups is 1. The Morgan fingerprint density at radius 2 is 1.82 bits per heavy atom.